The predicted molar refractivity (Wildman–Crippen MR) is 152 cm³/mol. The molecule has 1 atom stereocenters. The van der Waals surface area contributed by atoms with Gasteiger partial charge >= 0.3 is 12.1 Å². The summed E-state index contributed by atoms with van der Waals surface area (Å²) in [7, 11) is 3.16. The molecule has 0 radical (unpaired) electrons. The van der Waals surface area contributed by atoms with Gasteiger partial charge in [-0.15, -0.1) is 0 Å². The second-order valence-electron chi connectivity index (χ2n) is 9.65. The number of carbonyl (C=O) groups is 2. The maximum atomic E-state index is 13.3. The van der Waals surface area contributed by atoms with E-state index >= 15 is 0 Å². The van der Waals surface area contributed by atoms with Gasteiger partial charge in [0.25, 0.3) is 0 Å². The Morgan fingerprint density at radius 2 is 1.50 bits per heavy atom. The largest absolute Gasteiger partial charge is 0.497 e. The zero-order valence-electron chi connectivity index (χ0n) is 22.4. The van der Waals surface area contributed by atoms with E-state index in [0.29, 0.717) is 23.5 Å². The summed E-state index contributed by atoms with van der Waals surface area (Å²) in [6, 6.07) is 28.7. The van der Waals surface area contributed by atoms with E-state index in [0.717, 1.165) is 33.4 Å². The SMILES string of the molecule is COc1ccc(C(NC(=O)OCC2c3ccccc3-c3ccccc32)c2cc(CCC(=O)O)ccc2OC)cc1. The third kappa shape index (κ3) is 5.64. The summed E-state index contributed by atoms with van der Waals surface area (Å²) in [4.78, 5) is 24.5. The molecule has 204 valence electrons. The van der Waals surface area contributed by atoms with Gasteiger partial charge in [-0.25, -0.2) is 4.79 Å². The quantitative estimate of drug-likeness (QED) is 0.245. The van der Waals surface area contributed by atoms with Crippen molar-refractivity contribution in [3.05, 3.63) is 119 Å². The molecule has 1 aliphatic rings. The first-order valence-corrected chi connectivity index (χ1v) is 13.1. The third-order valence-corrected chi connectivity index (χ3v) is 7.29. The van der Waals surface area contributed by atoms with Crippen LogP contribution in [0.1, 0.15) is 46.2 Å². The second-order valence-corrected chi connectivity index (χ2v) is 9.65. The highest BCUT2D eigenvalue weighted by atomic mass is 16.5. The molecule has 0 heterocycles. The lowest BCUT2D eigenvalue weighted by atomic mass is 9.95. The topological polar surface area (TPSA) is 94.1 Å². The highest BCUT2D eigenvalue weighted by molar-refractivity contribution is 5.79. The minimum absolute atomic E-state index is 0.00121. The molecule has 7 nitrogen and oxygen atoms in total. The molecule has 0 spiro atoms. The Morgan fingerprint density at radius 3 is 2.10 bits per heavy atom. The van der Waals surface area contributed by atoms with E-state index in [9.17, 15) is 9.59 Å². The van der Waals surface area contributed by atoms with Crippen LogP contribution in [0.3, 0.4) is 0 Å². The first kappa shape index (κ1) is 26.8. The Balaban J connectivity index is 1.41. The number of hydrogen-bond acceptors (Lipinski definition) is 5. The monoisotopic (exact) mass is 537 g/mol. The summed E-state index contributed by atoms with van der Waals surface area (Å²) in [5, 5.41) is 12.2. The van der Waals surface area contributed by atoms with Crippen LogP contribution in [-0.4, -0.2) is 38.0 Å². The molecule has 4 aromatic carbocycles. The third-order valence-electron chi connectivity index (χ3n) is 7.29. The molecule has 0 saturated carbocycles. The smallest absolute Gasteiger partial charge is 0.407 e. The molecule has 1 unspecified atom stereocenters. The number of carboxylic acids is 1. The lowest BCUT2D eigenvalue weighted by Gasteiger charge is -2.23. The number of carboxylic acid groups (broad SMARTS) is 1. The molecule has 40 heavy (non-hydrogen) atoms. The van der Waals surface area contributed by atoms with Gasteiger partial charge in [0.05, 0.1) is 20.3 Å². The highest BCUT2D eigenvalue weighted by Crippen LogP contribution is 2.44. The molecule has 0 aromatic heterocycles. The standard InChI is InChI=1S/C33H31NO6/c1-38-23-15-13-22(14-16-23)32(28-19-21(12-18-31(35)36)11-17-30(28)39-2)34-33(37)40-20-29-26-9-5-3-7-24(26)25-8-4-6-10-27(25)29/h3-11,13-17,19,29,32H,12,18,20H2,1-2H3,(H,34,37)(H,35,36). The number of benzene rings is 4. The summed E-state index contributed by atoms with van der Waals surface area (Å²) in [6.07, 6.45) is -0.216. The maximum Gasteiger partial charge on any atom is 0.407 e. The van der Waals surface area contributed by atoms with Crippen LogP contribution in [0.2, 0.25) is 0 Å². The number of nitrogens with one attached hydrogen (secondary N) is 1. The van der Waals surface area contributed by atoms with E-state index in [4.69, 9.17) is 19.3 Å². The van der Waals surface area contributed by atoms with E-state index in [1.54, 1.807) is 20.3 Å². The zero-order chi connectivity index (χ0) is 28.1. The first-order valence-electron chi connectivity index (χ1n) is 13.1. The van der Waals surface area contributed by atoms with Crippen LogP contribution in [-0.2, 0) is 16.0 Å². The fraction of sp³-hybridized carbons (Fsp3) is 0.212. The molecular weight excluding hydrogens is 506 g/mol. The van der Waals surface area contributed by atoms with Crippen LogP contribution in [0.25, 0.3) is 11.1 Å². The number of aryl methyl sites for hydroxylation is 1. The molecule has 7 heteroatoms. The van der Waals surface area contributed by atoms with Gasteiger partial charge in [-0.1, -0.05) is 66.7 Å². The van der Waals surface area contributed by atoms with Gasteiger partial charge in [0.1, 0.15) is 18.1 Å². The minimum Gasteiger partial charge on any atom is -0.497 e. The maximum absolute atomic E-state index is 13.3. The molecule has 1 aliphatic carbocycles. The number of rotatable bonds is 10. The molecule has 0 bridgehead atoms. The summed E-state index contributed by atoms with van der Waals surface area (Å²) >= 11 is 0. The van der Waals surface area contributed by atoms with Gasteiger partial charge in [-0.3, -0.25) is 4.79 Å². The number of ether oxygens (including phenoxy) is 3. The fourth-order valence-corrected chi connectivity index (χ4v) is 5.31. The number of carbonyl (C=O) groups excluding carboxylic acids is 1. The molecule has 2 N–H and O–H groups in total. The number of alkyl carbamates (subject to hydrolysis) is 1. The van der Waals surface area contributed by atoms with Crippen molar-refractivity contribution in [2.24, 2.45) is 0 Å². The minimum atomic E-state index is -0.874. The van der Waals surface area contributed by atoms with Crippen molar-refractivity contribution in [2.45, 2.75) is 24.8 Å². The molecule has 0 aliphatic heterocycles. The lowest BCUT2D eigenvalue weighted by molar-refractivity contribution is -0.136. The first-order chi connectivity index (χ1) is 19.5. The normalized spacial score (nSPS) is 12.7. The fourth-order valence-electron chi connectivity index (χ4n) is 5.31. The Labute approximate surface area is 233 Å². The van der Waals surface area contributed by atoms with Crippen molar-refractivity contribution >= 4 is 12.1 Å². The molecule has 5 rings (SSSR count). The van der Waals surface area contributed by atoms with Crippen molar-refractivity contribution < 1.29 is 28.9 Å². The molecule has 0 fully saturated rings. The number of aliphatic carboxylic acids is 1. The lowest BCUT2D eigenvalue weighted by Crippen LogP contribution is -2.31. The summed E-state index contributed by atoms with van der Waals surface area (Å²) in [5.74, 6) is 0.317. The summed E-state index contributed by atoms with van der Waals surface area (Å²) < 4.78 is 16.8. The Hall–Kier alpha value is -4.78. The van der Waals surface area contributed by atoms with E-state index in [1.807, 2.05) is 60.7 Å². The van der Waals surface area contributed by atoms with Crippen molar-refractivity contribution in [1.82, 2.24) is 5.32 Å². The van der Waals surface area contributed by atoms with Crippen molar-refractivity contribution in [2.75, 3.05) is 20.8 Å². The Morgan fingerprint density at radius 1 is 0.850 bits per heavy atom. The number of hydrogen-bond donors (Lipinski definition) is 2. The average molecular weight is 538 g/mol. The van der Waals surface area contributed by atoms with Gasteiger partial charge < -0.3 is 24.6 Å². The van der Waals surface area contributed by atoms with Crippen LogP contribution in [0.5, 0.6) is 11.5 Å². The van der Waals surface area contributed by atoms with Gasteiger partial charge in [0, 0.05) is 17.9 Å². The van der Waals surface area contributed by atoms with Gasteiger partial charge in [-0.05, 0) is 64.1 Å². The Kier molecular flexibility index (Phi) is 8.01. The van der Waals surface area contributed by atoms with Gasteiger partial charge in [0.15, 0.2) is 0 Å². The van der Waals surface area contributed by atoms with Crippen molar-refractivity contribution in [3.63, 3.8) is 0 Å². The summed E-state index contributed by atoms with van der Waals surface area (Å²) in [6.45, 7) is 0.185. The number of fused-ring (bicyclic) bond motifs is 3. The van der Waals surface area contributed by atoms with E-state index < -0.39 is 18.1 Å². The van der Waals surface area contributed by atoms with E-state index in [1.165, 1.54) is 0 Å². The molecular formula is C33H31NO6. The van der Waals surface area contributed by atoms with Crippen LogP contribution < -0.4 is 14.8 Å². The van der Waals surface area contributed by atoms with Gasteiger partial charge in [-0.2, -0.15) is 0 Å². The Bertz CT molecular complexity index is 1470. The number of methoxy groups -OCH3 is 2. The van der Waals surface area contributed by atoms with E-state index in [-0.39, 0.29) is 18.9 Å². The molecule has 1 amide bonds. The van der Waals surface area contributed by atoms with Gasteiger partial charge in [0.2, 0.25) is 0 Å². The zero-order valence-corrected chi connectivity index (χ0v) is 22.4. The van der Waals surface area contributed by atoms with Crippen molar-refractivity contribution in [3.8, 4) is 22.6 Å². The summed E-state index contributed by atoms with van der Waals surface area (Å²) in [5.41, 5.74) is 6.90. The van der Waals surface area contributed by atoms with Crippen molar-refractivity contribution in [1.29, 1.82) is 0 Å². The number of amides is 1. The van der Waals surface area contributed by atoms with Crippen LogP contribution in [0, 0.1) is 0 Å². The van der Waals surface area contributed by atoms with Crippen LogP contribution >= 0.6 is 0 Å². The van der Waals surface area contributed by atoms with Crippen LogP contribution in [0.15, 0.2) is 91.0 Å². The highest BCUT2D eigenvalue weighted by Gasteiger charge is 2.30. The van der Waals surface area contributed by atoms with E-state index in [2.05, 4.69) is 29.6 Å². The average Bonchev–Trinajstić information content (AvgIpc) is 3.31. The predicted octanol–water partition coefficient (Wildman–Crippen LogP) is 6.35. The molecule has 4 aromatic rings. The molecule has 0 saturated heterocycles. The second kappa shape index (κ2) is 11.9. The van der Waals surface area contributed by atoms with Crippen LogP contribution in [0.4, 0.5) is 4.79 Å².